The molecule has 9 nitrogen and oxygen atoms in total. The molecule has 0 bridgehead atoms. The SMILES string of the molecule is COC(=O)CC(C)(NC(=O)[C@@H](NC(=O)OCc1ccccc1)C(C)C)C(=O)N(C)c1ccccc1. The third-order valence-corrected chi connectivity index (χ3v) is 5.48. The highest BCUT2D eigenvalue weighted by Crippen LogP contribution is 2.21. The van der Waals surface area contributed by atoms with Crippen LogP contribution in [0.15, 0.2) is 60.7 Å². The van der Waals surface area contributed by atoms with Crippen molar-refractivity contribution in [2.45, 2.75) is 45.4 Å². The summed E-state index contributed by atoms with van der Waals surface area (Å²) in [6.07, 6.45) is -1.17. The Kier molecular flexibility index (Phi) is 9.81. The molecule has 0 aliphatic heterocycles. The molecule has 9 heteroatoms. The van der Waals surface area contributed by atoms with E-state index in [2.05, 4.69) is 10.6 Å². The maximum Gasteiger partial charge on any atom is 0.408 e. The Morgan fingerprint density at radius 3 is 2.09 bits per heavy atom. The number of carbonyl (C=O) groups excluding carboxylic acids is 4. The molecule has 0 spiro atoms. The quantitative estimate of drug-likeness (QED) is 0.502. The third-order valence-electron chi connectivity index (χ3n) is 5.48. The zero-order valence-corrected chi connectivity index (χ0v) is 20.7. The average Bonchev–Trinajstić information content (AvgIpc) is 2.85. The van der Waals surface area contributed by atoms with E-state index in [1.165, 1.54) is 18.9 Å². The van der Waals surface area contributed by atoms with Crippen LogP contribution in [-0.2, 0) is 30.5 Å². The Bertz CT molecular complexity index is 1010. The molecule has 2 aromatic carbocycles. The molecule has 2 N–H and O–H groups in total. The predicted molar refractivity (Wildman–Crippen MR) is 131 cm³/mol. The summed E-state index contributed by atoms with van der Waals surface area (Å²) in [4.78, 5) is 52.5. The molecule has 0 fully saturated rings. The van der Waals surface area contributed by atoms with Gasteiger partial charge in [0.05, 0.1) is 13.5 Å². The van der Waals surface area contributed by atoms with Crippen LogP contribution in [0.1, 0.15) is 32.8 Å². The van der Waals surface area contributed by atoms with Crippen molar-refractivity contribution < 1.29 is 28.7 Å². The van der Waals surface area contributed by atoms with Gasteiger partial charge in [0.1, 0.15) is 18.2 Å². The molecular formula is C26H33N3O6. The number of amides is 3. The monoisotopic (exact) mass is 483 g/mol. The Hall–Kier alpha value is -3.88. The van der Waals surface area contributed by atoms with Gasteiger partial charge in [0.2, 0.25) is 5.91 Å². The van der Waals surface area contributed by atoms with Gasteiger partial charge in [-0.25, -0.2) is 4.79 Å². The lowest BCUT2D eigenvalue weighted by Crippen LogP contribution is -2.62. The summed E-state index contributed by atoms with van der Waals surface area (Å²) in [5.41, 5.74) is -0.239. The van der Waals surface area contributed by atoms with Crippen LogP contribution in [0, 0.1) is 5.92 Å². The summed E-state index contributed by atoms with van der Waals surface area (Å²) >= 11 is 0. The van der Waals surface area contributed by atoms with Crippen LogP contribution in [0.25, 0.3) is 0 Å². The maximum atomic E-state index is 13.4. The maximum absolute atomic E-state index is 13.4. The van der Waals surface area contributed by atoms with Crippen molar-refractivity contribution in [2.24, 2.45) is 5.92 Å². The first-order valence-electron chi connectivity index (χ1n) is 11.3. The van der Waals surface area contributed by atoms with Gasteiger partial charge in [0.15, 0.2) is 0 Å². The molecule has 0 saturated carbocycles. The standard InChI is InChI=1S/C26H33N3O6/c1-18(2)22(27-25(33)35-17-19-12-8-6-9-13-19)23(31)28-26(3,16-21(30)34-5)24(32)29(4)20-14-10-7-11-15-20/h6-15,18,22H,16-17H2,1-5H3,(H,27,33)(H,28,31)/t22-,26?/m0/s1. The molecule has 2 rings (SSSR count). The Morgan fingerprint density at radius 2 is 1.54 bits per heavy atom. The van der Waals surface area contributed by atoms with Crippen LogP contribution >= 0.6 is 0 Å². The number of ether oxygens (including phenoxy) is 2. The normalized spacial score (nSPS) is 13.2. The van der Waals surface area contributed by atoms with Crippen molar-refractivity contribution in [3.05, 3.63) is 66.2 Å². The van der Waals surface area contributed by atoms with Gasteiger partial charge in [0, 0.05) is 12.7 Å². The summed E-state index contributed by atoms with van der Waals surface area (Å²) < 4.78 is 9.99. The molecule has 1 unspecified atom stereocenters. The number of nitrogens with one attached hydrogen (secondary N) is 2. The molecule has 188 valence electrons. The lowest BCUT2D eigenvalue weighted by molar-refractivity contribution is -0.145. The van der Waals surface area contributed by atoms with E-state index in [1.54, 1.807) is 45.2 Å². The van der Waals surface area contributed by atoms with Crippen LogP contribution in [0.2, 0.25) is 0 Å². The Labute approximate surface area is 205 Å². The minimum Gasteiger partial charge on any atom is -0.469 e. The van der Waals surface area contributed by atoms with Gasteiger partial charge < -0.3 is 25.0 Å². The van der Waals surface area contributed by atoms with Gasteiger partial charge in [-0.1, -0.05) is 62.4 Å². The Morgan fingerprint density at radius 1 is 0.971 bits per heavy atom. The van der Waals surface area contributed by atoms with E-state index < -0.39 is 41.9 Å². The lowest BCUT2D eigenvalue weighted by atomic mass is 9.93. The van der Waals surface area contributed by atoms with Gasteiger partial charge in [-0.3, -0.25) is 14.4 Å². The summed E-state index contributed by atoms with van der Waals surface area (Å²) in [5.74, 6) is -2.14. The van der Waals surface area contributed by atoms with E-state index in [0.717, 1.165) is 5.56 Å². The number of anilines is 1. The van der Waals surface area contributed by atoms with Crippen LogP contribution in [0.4, 0.5) is 10.5 Å². The van der Waals surface area contributed by atoms with Gasteiger partial charge in [-0.05, 0) is 30.5 Å². The summed E-state index contributed by atoms with van der Waals surface area (Å²) in [6.45, 7) is 4.99. The van der Waals surface area contributed by atoms with Crippen molar-refractivity contribution >= 4 is 29.6 Å². The fraction of sp³-hybridized carbons (Fsp3) is 0.385. The predicted octanol–water partition coefficient (Wildman–Crippen LogP) is 3.04. The molecule has 0 heterocycles. The van der Waals surface area contributed by atoms with Crippen molar-refractivity contribution in [1.29, 1.82) is 0 Å². The van der Waals surface area contributed by atoms with Gasteiger partial charge in [-0.2, -0.15) is 0 Å². The average molecular weight is 484 g/mol. The molecular weight excluding hydrogens is 450 g/mol. The highest BCUT2D eigenvalue weighted by molar-refractivity contribution is 6.04. The molecule has 0 aromatic heterocycles. The summed E-state index contributed by atoms with van der Waals surface area (Å²) in [5, 5.41) is 5.23. The number of benzene rings is 2. The van der Waals surface area contributed by atoms with Crippen molar-refractivity contribution in [2.75, 3.05) is 19.1 Å². The summed E-state index contributed by atoms with van der Waals surface area (Å²) in [6, 6.07) is 16.9. The van der Waals surface area contributed by atoms with Crippen LogP contribution in [0.3, 0.4) is 0 Å². The van der Waals surface area contributed by atoms with Gasteiger partial charge in [-0.15, -0.1) is 0 Å². The molecule has 0 radical (unpaired) electrons. The fourth-order valence-corrected chi connectivity index (χ4v) is 3.45. The van der Waals surface area contributed by atoms with E-state index in [1.807, 2.05) is 36.4 Å². The van der Waals surface area contributed by atoms with Gasteiger partial charge in [0.25, 0.3) is 5.91 Å². The van der Waals surface area contributed by atoms with E-state index in [4.69, 9.17) is 9.47 Å². The van der Waals surface area contributed by atoms with Crippen LogP contribution < -0.4 is 15.5 Å². The minimum atomic E-state index is -1.63. The molecule has 35 heavy (non-hydrogen) atoms. The smallest absolute Gasteiger partial charge is 0.408 e. The fourth-order valence-electron chi connectivity index (χ4n) is 3.45. The van der Waals surface area contributed by atoms with Crippen molar-refractivity contribution in [1.82, 2.24) is 10.6 Å². The second kappa shape index (κ2) is 12.5. The number of carbonyl (C=O) groups is 4. The number of hydrogen-bond donors (Lipinski definition) is 2. The first-order valence-corrected chi connectivity index (χ1v) is 11.3. The second-order valence-corrected chi connectivity index (χ2v) is 8.70. The van der Waals surface area contributed by atoms with E-state index in [9.17, 15) is 19.2 Å². The number of rotatable bonds is 10. The summed E-state index contributed by atoms with van der Waals surface area (Å²) in [7, 11) is 2.76. The number of alkyl carbamates (subject to hydrolysis) is 1. The first kappa shape index (κ1) is 27.4. The van der Waals surface area contributed by atoms with E-state index in [-0.39, 0.29) is 12.5 Å². The number of methoxy groups -OCH3 is 1. The topological polar surface area (TPSA) is 114 Å². The molecule has 0 aliphatic rings. The largest absolute Gasteiger partial charge is 0.469 e. The number of nitrogens with zero attached hydrogens (tertiary/aromatic N) is 1. The van der Waals surface area contributed by atoms with E-state index in [0.29, 0.717) is 5.69 Å². The number of likely N-dealkylation sites (N-methyl/N-ethyl adjacent to an activating group) is 1. The molecule has 3 amide bonds. The molecule has 2 atom stereocenters. The number of esters is 1. The van der Waals surface area contributed by atoms with Gasteiger partial charge >= 0.3 is 12.1 Å². The minimum absolute atomic E-state index is 0.0412. The van der Waals surface area contributed by atoms with Crippen LogP contribution in [0.5, 0.6) is 0 Å². The molecule has 2 aromatic rings. The highest BCUT2D eigenvalue weighted by Gasteiger charge is 2.42. The highest BCUT2D eigenvalue weighted by atomic mass is 16.5. The number of hydrogen-bond acceptors (Lipinski definition) is 6. The number of para-hydroxylation sites is 1. The molecule has 0 saturated heterocycles. The third kappa shape index (κ3) is 7.84. The van der Waals surface area contributed by atoms with Crippen molar-refractivity contribution in [3.63, 3.8) is 0 Å². The zero-order valence-electron chi connectivity index (χ0n) is 20.7. The molecule has 0 aliphatic carbocycles. The van der Waals surface area contributed by atoms with E-state index >= 15 is 0 Å². The lowest BCUT2D eigenvalue weighted by Gasteiger charge is -2.34. The second-order valence-electron chi connectivity index (χ2n) is 8.70. The zero-order chi connectivity index (χ0) is 26.0. The first-order chi connectivity index (χ1) is 16.6. The Balaban J connectivity index is 2.17. The van der Waals surface area contributed by atoms with Crippen LogP contribution in [-0.4, -0.2) is 49.6 Å². The van der Waals surface area contributed by atoms with Crippen molar-refractivity contribution in [3.8, 4) is 0 Å².